The van der Waals surface area contributed by atoms with Crippen molar-refractivity contribution in [3.8, 4) is 10.4 Å². The summed E-state index contributed by atoms with van der Waals surface area (Å²) in [7, 11) is -2.60. The van der Waals surface area contributed by atoms with Crippen molar-refractivity contribution in [2.24, 2.45) is 5.41 Å². The zero-order valence-corrected chi connectivity index (χ0v) is 37.7. The third-order valence-electron chi connectivity index (χ3n) is 10.9. The van der Waals surface area contributed by atoms with Gasteiger partial charge in [0.2, 0.25) is 11.8 Å². The van der Waals surface area contributed by atoms with E-state index in [1.54, 1.807) is 11.3 Å². The molecule has 3 atom stereocenters. The van der Waals surface area contributed by atoms with Crippen molar-refractivity contribution in [1.29, 1.82) is 0 Å². The SMILES string of the molecule is Cc1ncsc1-c1ccc(CNC(=O)[C@@H]2C[C@H](O)CN2C[C@@H](NC(=O)COCCOCCOCCO[Si](c2ccccc2)(c2ccccc2)C(C)(C)C)C(C)(C)C)cc1. The van der Waals surface area contributed by atoms with Crippen molar-refractivity contribution in [1.82, 2.24) is 20.5 Å². The van der Waals surface area contributed by atoms with Gasteiger partial charge in [0.1, 0.15) is 6.61 Å². The highest BCUT2D eigenvalue weighted by Crippen LogP contribution is 2.36. The van der Waals surface area contributed by atoms with Gasteiger partial charge < -0.3 is 34.4 Å². The number of hydrogen-bond donors (Lipinski definition) is 3. The van der Waals surface area contributed by atoms with Crippen molar-refractivity contribution in [3.63, 3.8) is 0 Å². The molecule has 59 heavy (non-hydrogen) atoms. The fourth-order valence-electron chi connectivity index (χ4n) is 7.64. The summed E-state index contributed by atoms with van der Waals surface area (Å²) in [5.41, 5.74) is 4.62. The molecular formula is C46H64N4O7SSi. The number of nitrogens with one attached hydrogen (secondary N) is 2. The monoisotopic (exact) mass is 844 g/mol. The molecule has 0 radical (unpaired) electrons. The molecule has 0 spiro atoms. The van der Waals surface area contributed by atoms with Crippen molar-refractivity contribution >= 4 is 41.8 Å². The number of hydrogen-bond acceptors (Lipinski definition) is 10. The zero-order valence-electron chi connectivity index (χ0n) is 35.9. The average Bonchev–Trinajstić information content (AvgIpc) is 3.81. The standard InChI is InChI=1S/C46H64N4O7SSi/c1-34-43(58-33-48-34)36-20-18-35(19-21-36)29-47-44(53)40-28-37(51)30-50(40)31-41(45(2,3)4)49-42(52)32-56-25-24-54-22-23-55-26-27-57-59(46(5,6)7,38-14-10-8-11-15-38)39-16-12-9-13-17-39/h8-21,33,37,40-41,51H,22-32H2,1-7H3,(H,47,53)(H,49,52)/t37-,40-,41+/m0/s1. The highest BCUT2D eigenvalue weighted by Gasteiger charge is 2.50. The third kappa shape index (κ3) is 12.9. The molecule has 3 N–H and O–H groups in total. The first kappa shape index (κ1) is 46.3. The van der Waals surface area contributed by atoms with E-state index >= 15 is 0 Å². The second-order valence-electron chi connectivity index (χ2n) is 17.3. The van der Waals surface area contributed by atoms with Crippen LogP contribution in [0.15, 0.2) is 90.4 Å². The lowest BCUT2D eigenvalue weighted by Crippen LogP contribution is -2.66. The van der Waals surface area contributed by atoms with E-state index in [9.17, 15) is 14.7 Å². The molecule has 2 heterocycles. The Bertz CT molecular complexity index is 1840. The molecule has 5 rings (SSSR count). The summed E-state index contributed by atoms with van der Waals surface area (Å²) in [5, 5.41) is 19.1. The van der Waals surface area contributed by atoms with Crippen LogP contribution in [0.4, 0.5) is 0 Å². The number of aryl methyl sites for hydroxylation is 1. The van der Waals surface area contributed by atoms with Gasteiger partial charge in [-0.3, -0.25) is 14.5 Å². The van der Waals surface area contributed by atoms with E-state index in [1.807, 2.05) is 53.7 Å². The number of nitrogens with zero attached hydrogens (tertiary/aromatic N) is 2. The first-order valence-corrected chi connectivity index (χ1v) is 23.4. The number of carbonyl (C=O) groups is 2. The highest BCUT2D eigenvalue weighted by molar-refractivity contribution is 7.13. The zero-order chi connectivity index (χ0) is 42.5. The molecule has 0 unspecified atom stereocenters. The van der Waals surface area contributed by atoms with Crippen LogP contribution in [0.2, 0.25) is 5.04 Å². The molecule has 0 saturated carbocycles. The van der Waals surface area contributed by atoms with Crippen LogP contribution >= 0.6 is 11.3 Å². The molecular weight excluding hydrogens is 781 g/mol. The lowest BCUT2D eigenvalue weighted by Gasteiger charge is -2.43. The first-order valence-electron chi connectivity index (χ1n) is 20.7. The fraction of sp³-hybridized carbons (Fsp3) is 0.500. The molecule has 4 aromatic rings. The van der Waals surface area contributed by atoms with Gasteiger partial charge in [0, 0.05) is 25.7 Å². The number of thiazole rings is 1. The van der Waals surface area contributed by atoms with Gasteiger partial charge in [-0.1, -0.05) is 126 Å². The molecule has 320 valence electrons. The minimum atomic E-state index is -2.60. The summed E-state index contributed by atoms with van der Waals surface area (Å²) in [4.78, 5) is 33.9. The molecule has 0 aliphatic carbocycles. The Kier molecular flexibility index (Phi) is 17.0. The minimum absolute atomic E-state index is 0.0977. The largest absolute Gasteiger partial charge is 0.405 e. The molecule has 11 nitrogen and oxygen atoms in total. The summed E-state index contributed by atoms with van der Waals surface area (Å²) in [6.07, 6.45) is -0.288. The van der Waals surface area contributed by atoms with Crippen molar-refractivity contribution in [3.05, 3.63) is 102 Å². The number of aromatic nitrogens is 1. The summed E-state index contributed by atoms with van der Waals surface area (Å²) in [6, 6.07) is 28.5. The molecule has 1 fully saturated rings. The molecule has 13 heteroatoms. The molecule has 2 amide bonds. The van der Waals surface area contributed by atoms with E-state index in [0.29, 0.717) is 59.1 Å². The molecule has 0 bridgehead atoms. The number of β-amino-alcohol motifs (C(OH)–C–C–N with tert-alkyl or cyclic N) is 1. The number of ether oxygens (including phenoxy) is 3. The van der Waals surface area contributed by atoms with E-state index in [0.717, 1.165) is 21.7 Å². The number of amides is 2. The second kappa shape index (κ2) is 21.6. The first-order chi connectivity index (χ1) is 28.2. The van der Waals surface area contributed by atoms with Gasteiger partial charge in [-0.05, 0) is 45.3 Å². The van der Waals surface area contributed by atoms with Crippen molar-refractivity contribution in [2.45, 2.75) is 84.7 Å². The highest BCUT2D eigenvalue weighted by atomic mass is 32.1. The topological polar surface area (TPSA) is 131 Å². The van der Waals surface area contributed by atoms with Crippen LogP contribution in [0, 0.1) is 12.3 Å². The average molecular weight is 845 g/mol. The quantitative estimate of drug-likeness (QED) is 0.0754. The van der Waals surface area contributed by atoms with Crippen molar-refractivity contribution in [2.75, 3.05) is 59.3 Å². The number of aliphatic hydroxyl groups excluding tert-OH is 1. The number of carbonyl (C=O) groups excluding carboxylic acids is 2. The van der Waals surface area contributed by atoms with E-state index in [4.69, 9.17) is 18.6 Å². The van der Waals surface area contributed by atoms with Gasteiger partial charge in [0.05, 0.1) is 67.9 Å². The van der Waals surface area contributed by atoms with Crippen LogP contribution < -0.4 is 21.0 Å². The van der Waals surface area contributed by atoms with Crippen LogP contribution in [0.25, 0.3) is 10.4 Å². The van der Waals surface area contributed by atoms with Crippen LogP contribution in [-0.4, -0.2) is 113 Å². The lowest BCUT2D eigenvalue weighted by atomic mass is 9.86. The molecule has 3 aromatic carbocycles. The predicted molar refractivity (Wildman–Crippen MR) is 238 cm³/mol. The molecule has 1 aromatic heterocycles. The summed E-state index contributed by atoms with van der Waals surface area (Å²) >= 11 is 1.61. The van der Waals surface area contributed by atoms with E-state index < -0.39 is 20.5 Å². The number of likely N-dealkylation sites (tertiary alicyclic amines) is 1. The third-order valence-corrected chi connectivity index (χ3v) is 16.9. The number of rotatable bonds is 21. The van der Waals surface area contributed by atoms with Crippen LogP contribution in [0.5, 0.6) is 0 Å². The van der Waals surface area contributed by atoms with Gasteiger partial charge >= 0.3 is 0 Å². The maximum absolute atomic E-state index is 13.4. The van der Waals surface area contributed by atoms with Gasteiger partial charge in [0.15, 0.2) is 0 Å². The number of benzene rings is 3. The van der Waals surface area contributed by atoms with Gasteiger partial charge in [-0.2, -0.15) is 0 Å². The molecule has 1 saturated heterocycles. The van der Waals surface area contributed by atoms with Gasteiger partial charge in [-0.15, -0.1) is 11.3 Å². The Balaban J connectivity index is 0.991. The normalized spacial score (nSPS) is 16.9. The van der Waals surface area contributed by atoms with Gasteiger partial charge in [0.25, 0.3) is 8.32 Å². The van der Waals surface area contributed by atoms with Crippen LogP contribution in [-0.2, 0) is 34.8 Å². The van der Waals surface area contributed by atoms with Crippen molar-refractivity contribution < 1.29 is 33.3 Å². The van der Waals surface area contributed by atoms with E-state index in [-0.39, 0.29) is 41.5 Å². The fourth-order valence-corrected chi connectivity index (χ4v) is 13.0. The second-order valence-corrected chi connectivity index (χ2v) is 22.5. The Morgan fingerprint density at radius 1 is 0.847 bits per heavy atom. The summed E-state index contributed by atoms with van der Waals surface area (Å²) in [6.45, 7) is 18.3. The Labute approximate surface area is 356 Å². The summed E-state index contributed by atoms with van der Waals surface area (Å²) in [5.74, 6) is -0.382. The Morgan fingerprint density at radius 3 is 1.97 bits per heavy atom. The maximum Gasteiger partial charge on any atom is 0.261 e. The van der Waals surface area contributed by atoms with E-state index in [1.165, 1.54) is 10.4 Å². The molecule has 1 aliphatic heterocycles. The van der Waals surface area contributed by atoms with E-state index in [2.05, 4.69) is 106 Å². The summed E-state index contributed by atoms with van der Waals surface area (Å²) < 4.78 is 24.1. The van der Waals surface area contributed by atoms with Crippen LogP contribution in [0.1, 0.15) is 59.2 Å². The molecule has 1 aliphatic rings. The van der Waals surface area contributed by atoms with Crippen LogP contribution in [0.3, 0.4) is 0 Å². The Morgan fingerprint density at radius 2 is 1.42 bits per heavy atom. The lowest BCUT2D eigenvalue weighted by molar-refractivity contribution is -0.128. The maximum atomic E-state index is 13.4. The number of aliphatic hydroxyl groups is 1. The predicted octanol–water partition coefficient (Wildman–Crippen LogP) is 5.33. The van der Waals surface area contributed by atoms with Gasteiger partial charge in [-0.25, -0.2) is 4.98 Å². The minimum Gasteiger partial charge on any atom is -0.405 e. The Hall–Kier alpha value is -3.79. The smallest absolute Gasteiger partial charge is 0.261 e.